The van der Waals surface area contributed by atoms with E-state index in [0.717, 1.165) is 42.4 Å². The third-order valence-electron chi connectivity index (χ3n) is 8.28. The summed E-state index contributed by atoms with van der Waals surface area (Å²) in [5, 5.41) is 9.90. The van der Waals surface area contributed by atoms with Gasteiger partial charge in [0.25, 0.3) is 0 Å². The molecule has 4 heterocycles. The van der Waals surface area contributed by atoms with Crippen molar-refractivity contribution in [1.82, 2.24) is 24.6 Å². The molecule has 0 spiro atoms. The van der Waals surface area contributed by atoms with Crippen LogP contribution in [0.25, 0.3) is 27.6 Å². The summed E-state index contributed by atoms with van der Waals surface area (Å²) in [6, 6.07) is 8.11. The van der Waals surface area contributed by atoms with Gasteiger partial charge in [0.1, 0.15) is 11.6 Å². The predicted molar refractivity (Wildman–Crippen MR) is 189 cm³/mol. The minimum absolute atomic E-state index is 0.0480. The van der Waals surface area contributed by atoms with Gasteiger partial charge in [0.05, 0.1) is 29.4 Å². The number of allylic oxidation sites excluding steroid dienone is 4. The number of hydrogen-bond acceptors (Lipinski definition) is 7. The number of piperidine rings is 1. The summed E-state index contributed by atoms with van der Waals surface area (Å²) >= 11 is 0. The Kier molecular flexibility index (Phi) is 10.5. The second kappa shape index (κ2) is 14.5. The molecule has 1 fully saturated rings. The minimum atomic E-state index is -3.45. The quantitative estimate of drug-likeness (QED) is 0.0786. The van der Waals surface area contributed by atoms with Crippen LogP contribution in [0.5, 0.6) is 0 Å². The zero-order valence-electron chi connectivity index (χ0n) is 27.1. The molecule has 5 N–H and O–H groups in total. The van der Waals surface area contributed by atoms with Crippen molar-refractivity contribution in [3.63, 3.8) is 0 Å². The molecule has 5 rings (SSSR count). The maximum atomic E-state index is 14.7. The van der Waals surface area contributed by atoms with Crippen LogP contribution in [-0.4, -0.2) is 59.9 Å². The lowest BCUT2D eigenvalue weighted by molar-refractivity contribution is 0.246. The fraction of sp³-hybridized carbons (Fsp3) is 0.306. The number of aromatic nitrogens is 3. The summed E-state index contributed by atoms with van der Waals surface area (Å²) in [5.74, 6) is -0.150. The van der Waals surface area contributed by atoms with E-state index in [1.165, 1.54) is 37.0 Å². The molecule has 1 atom stereocenters. The summed E-state index contributed by atoms with van der Waals surface area (Å²) in [7, 11) is -3.45. The molecule has 4 aromatic rings. The maximum Gasteiger partial charge on any atom is 0.209 e. The van der Waals surface area contributed by atoms with Crippen molar-refractivity contribution in [2.75, 3.05) is 31.6 Å². The molecule has 47 heavy (non-hydrogen) atoms. The van der Waals surface area contributed by atoms with Gasteiger partial charge in [-0.2, -0.15) is 0 Å². The average Bonchev–Trinajstić information content (AvgIpc) is 3.48. The zero-order chi connectivity index (χ0) is 33.7. The van der Waals surface area contributed by atoms with Crippen molar-refractivity contribution in [3.8, 4) is 11.1 Å². The molecule has 0 saturated carbocycles. The standard InChI is InChI=1S/C36H42FN7O2S/c1-5-23(2)11-26(12-24(3)22-44-9-7-6-8-10-44)28-16-31(36(39)41-19-28)35(38)33-17-30-32(20-40-21-34(30)43-33)27-13-25(14-29(37)15-27)18-42-47(4,45)46/h5,11-17,19-21,23,38,42-43H,1,6-10,18,22H2,2-4H3,(H2,39,41)/b24-12+,26-11+,38-35?/t23-/m0/s1. The average molecular weight is 656 g/mol. The van der Waals surface area contributed by atoms with E-state index >= 15 is 0 Å². The molecule has 246 valence electrons. The van der Waals surface area contributed by atoms with Crippen LogP contribution in [0.2, 0.25) is 0 Å². The number of aromatic amines is 1. The normalized spacial score (nSPS) is 15.6. The highest BCUT2D eigenvalue weighted by molar-refractivity contribution is 7.88. The van der Waals surface area contributed by atoms with Gasteiger partial charge in [-0.3, -0.25) is 15.3 Å². The fourth-order valence-electron chi connectivity index (χ4n) is 5.88. The molecule has 3 aromatic heterocycles. The van der Waals surface area contributed by atoms with Crippen LogP contribution in [0.4, 0.5) is 10.2 Å². The molecule has 0 unspecified atom stereocenters. The van der Waals surface area contributed by atoms with Crippen LogP contribution < -0.4 is 10.5 Å². The highest BCUT2D eigenvalue weighted by atomic mass is 32.2. The lowest BCUT2D eigenvalue weighted by Crippen LogP contribution is -2.31. The Morgan fingerprint density at radius 3 is 2.66 bits per heavy atom. The Morgan fingerprint density at radius 1 is 1.17 bits per heavy atom. The van der Waals surface area contributed by atoms with Gasteiger partial charge < -0.3 is 10.7 Å². The number of sulfonamides is 1. The van der Waals surface area contributed by atoms with Gasteiger partial charge >= 0.3 is 0 Å². The van der Waals surface area contributed by atoms with Gasteiger partial charge in [0.2, 0.25) is 10.0 Å². The summed E-state index contributed by atoms with van der Waals surface area (Å²) in [6.07, 6.45) is 16.0. The molecule has 0 bridgehead atoms. The Bertz CT molecular complexity index is 1970. The molecule has 11 heteroatoms. The number of benzene rings is 1. The van der Waals surface area contributed by atoms with E-state index in [2.05, 4.69) is 57.2 Å². The van der Waals surface area contributed by atoms with Gasteiger partial charge in [0, 0.05) is 47.6 Å². The number of nitrogens with zero attached hydrogens (tertiary/aromatic N) is 3. The number of nitrogens with two attached hydrogens (primary N) is 1. The molecule has 0 radical (unpaired) electrons. The van der Waals surface area contributed by atoms with Crippen LogP contribution >= 0.6 is 0 Å². The van der Waals surface area contributed by atoms with Crippen LogP contribution in [-0.2, 0) is 16.6 Å². The lowest BCUT2D eigenvalue weighted by atomic mass is 9.96. The van der Waals surface area contributed by atoms with Gasteiger partial charge in [-0.1, -0.05) is 37.1 Å². The number of rotatable bonds is 12. The molecule has 1 aliphatic rings. The lowest BCUT2D eigenvalue weighted by Gasteiger charge is -2.26. The number of anilines is 1. The first-order chi connectivity index (χ1) is 22.4. The Balaban J connectivity index is 1.49. The third-order valence-corrected chi connectivity index (χ3v) is 8.95. The predicted octanol–water partition coefficient (Wildman–Crippen LogP) is 6.45. The van der Waals surface area contributed by atoms with E-state index in [1.807, 2.05) is 18.2 Å². The summed E-state index contributed by atoms with van der Waals surface area (Å²) in [4.78, 5) is 14.6. The van der Waals surface area contributed by atoms with E-state index in [0.29, 0.717) is 33.5 Å². The van der Waals surface area contributed by atoms with E-state index in [1.54, 1.807) is 24.7 Å². The number of nitrogen functional groups attached to an aromatic ring is 1. The van der Waals surface area contributed by atoms with E-state index in [9.17, 15) is 18.2 Å². The number of hydrogen-bond donors (Lipinski definition) is 4. The maximum absolute atomic E-state index is 14.7. The highest BCUT2D eigenvalue weighted by Crippen LogP contribution is 2.31. The van der Waals surface area contributed by atoms with Gasteiger partial charge in [-0.05, 0) is 85.8 Å². The number of H-pyrrole nitrogens is 1. The van der Waals surface area contributed by atoms with Crippen molar-refractivity contribution >= 4 is 38.0 Å². The Hall–Kier alpha value is -4.45. The molecular formula is C36H42FN7O2S. The summed E-state index contributed by atoms with van der Waals surface area (Å²) in [6.45, 7) is 11.3. The Labute approximate surface area is 276 Å². The summed E-state index contributed by atoms with van der Waals surface area (Å²) < 4.78 is 40.3. The van der Waals surface area contributed by atoms with E-state index < -0.39 is 15.8 Å². The summed E-state index contributed by atoms with van der Waals surface area (Å²) in [5.41, 5.74) is 12.9. The van der Waals surface area contributed by atoms with E-state index in [-0.39, 0.29) is 24.0 Å². The number of fused-ring (bicyclic) bond motifs is 1. The molecular weight excluding hydrogens is 614 g/mol. The van der Waals surface area contributed by atoms with Crippen LogP contribution in [0.1, 0.15) is 55.5 Å². The van der Waals surface area contributed by atoms with Gasteiger partial charge in [-0.15, -0.1) is 6.58 Å². The van der Waals surface area contributed by atoms with Gasteiger partial charge in [-0.25, -0.2) is 22.5 Å². The number of nitrogens with one attached hydrogen (secondary N) is 3. The first-order valence-electron chi connectivity index (χ1n) is 15.7. The first kappa shape index (κ1) is 33.9. The topological polar surface area (TPSA) is 141 Å². The molecule has 9 nitrogen and oxygen atoms in total. The second-order valence-electron chi connectivity index (χ2n) is 12.3. The number of likely N-dealkylation sites (tertiary alicyclic amines) is 1. The largest absolute Gasteiger partial charge is 0.383 e. The monoisotopic (exact) mass is 655 g/mol. The van der Waals surface area contributed by atoms with Crippen molar-refractivity contribution in [1.29, 1.82) is 5.41 Å². The highest BCUT2D eigenvalue weighted by Gasteiger charge is 2.18. The molecule has 1 aliphatic heterocycles. The van der Waals surface area contributed by atoms with Crippen molar-refractivity contribution in [2.45, 2.75) is 39.7 Å². The minimum Gasteiger partial charge on any atom is -0.383 e. The molecule has 1 saturated heterocycles. The van der Waals surface area contributed by atoms with Crippen LogP contribution in [0.3, 0.4) is 0 Å². The zero-order valence-corrected chi connectivity index (χ0v) is 27.9. The second-order valence-corrected chi connectivity index (χ2v) is 14.2. The molecule has 0 aliphatic carbocycles. The van der Waals surface area contributed by atoms with Crippen molar-refractivity contribution < 1.29 is 12.8 Å². The van der Waals surface area contributed by atoms with Crippen LogP contribution in [0, 0.1) is 17.1 Å². The Morgan fingerprint density at radius 2 is 1.94 bits per heavy atom. The van der Waals surface area contributed by atoms with Crippen molar-refractivity contribution in [3.05, 3.63) is 108 Å². The SMILES string of the molecule is C=C[C@H](C)/C=C(\C=C(/C)CN1CCCCC1)c1cnc(N)c(C(=N)c2cc3c(-c4cc(F)cc(CNS(C)(=O)=O)c4)cncc3[nH]2)c1. The number of halogens is 1. The smallest absolute Gasteiger partial charge is 0.209 e. The van der Waals surface area contributed by atoms with Gasteiger partial charge in [0.15, 0.2) is 0 Å². The van der Waals surface area contributed by atoms with E-state index in [4.69, 9.17) is 5.73 Å². The third kappa shape index (κ3) is 8.68. The molecule has 0 amide bonds. The fourth-order valence-corrected chi connectivity index (χ4v) is 6.31. The van der Waals surface area contributed by atoms with Crippen LogP contribution in [0.15, 0.2) is 79.3 Å². The molecule has 1 aromatic carbocycles. The van der Waals surface area contributed by atoms with Crippen molar-refractivity contribution in [2.24, 2.45) is 5.92 Å². The number of pyridine rings is 2. The first-order valence-corrected chi connectivity index (χ1v) is 17.6.